The molecule has 0 unspecified atom stereocenters. The molecule has 0 aliphatic heterocycles. The van der Waals surface area contributed by atoms with Crippen LogP contribution in [0.15, 0.2) is 30.3 Å². The summed E-state index contributed by atoms with van der Waals surface area (Å²) >= 11 is 18.0. The molecule has 162 valence electrons. The number of amides is 1. The van der Waals surface area contributed by atoms with E-state index in [1.165, 1.54) is 12.1 Å². The first-order valence-electron chi connectivity index (χ1n) is 9.46. The van der Waals surface area contributed by atoms with Crippen LogP contribution in [0.2, 0.25) is 15.1 Å². The lowest BCUT2D eigenvalue weighted by Crippen LogP contribution is -2.22. The second kappa shape index (κ2) is 9.17. The van der Waals surface area contributed by atoms with E-state index in [1.807, 2.05) is 12.1 Å². The van der Waals surface area contributed by atoms with Gasteiger partial charge in [0, 0.05) is 5.02 Å². The molecule has 0 spiro atoms. The summed E-state index contributed by atoms with van der Waals surface area (Å²) in [7, 11) is 0. The average Bonchev–Trinajstić information content (AvgIpc) is 2.60. The summed E-state index contributed by atoms with van der Waals surface area (Å²) < 4.78 is 5.24. The molecule has 0 saturated heterocycles. The third-order valence-corrected chi connectivity index (χ3v) is 5.32. The first kappa shape index (κ1) is 24.5. The van der Waals surface area contributed by atoms with Gasteiger partial charge in [-0.25, -0.2) is 4.79 Å². The fourth-order valence-corrected chi connectivity index (χ4v) is 3.57. The number of hydrogen-bond donors (Lipinski definition) is 1. The topological polar surface area (TPSA) is 55.4 Å². The van der Waals surface area contributed by atoms with E-state index in [1.54, 1.807) is 0 Å². The first-order valence-corrected chi connectivity index (χ1v) is 10.6. The van der Waals surface area contributed by atoms with Crippen LogP contribution in [0, 0.1) is 0 Å². The first-order chi connectivity index (χ1) is 13.7. The molecule has 0 fully saturated rings. The summed E-state index contributed by atoms with van der Waals surface area (Å²) in [5, 5.41) is 3.28. The van der Waals surface area contributed by atoms with Gasteiger partial charge in [-0.3, -0.25) is 4.79 Å². The maximum atomic E-state index is 12.7. The summed E-state index contributed by atoms with van der Waals surface area (Å²) in [4.78, 5) is 24.9. The lowest BCUT2D eigenvalue weighted by Gasteiger charge is -2.25. The van der Waals surface area contributed by atoms with Gasteiger partial charge in [0.25, 0.3) is 5.91 Å². The Morgan fingerprint density at radius 1 is 0.833 bits per heavy atom. The molecule has 2 rings (SSSR count). The Morgan fingerprint density at radius 2 is 1.30 bits per heavy atom. The van der Waals surface area contributed by atoms with Crippen molar-refractivity contribution in [1.82, 2.24) is 0 Å². The Hall–Kier alpha value is -1.75. The molecule has 0 aliphatic rings. The molecule has 2 aromatic rings. The molecule has 1 amide bonds. The number of carbonyl (C=O) groups is 2. The number of rotatable bonds is 4. The number of benzene rings is 2. The smallest absolute Gasteiger partial charge is 0.338 e. The number of carbonyl (C=O) groups excluding carboxylic acids is 2. The molecule has 7 heteroatoms. The van der Waals surface area contributed by atoms with Crippen molar-refractivity contribution in [1.29, 1.82) is 0 Å². The van der Waals surface area contributed by atoms with Gasteiger partial charge in [-0.15, -0.1) is 0 Å². The van der Waals surface area contributed by atoms with Crippen LogP contribution in [0.1, 0.15) is 63.0 Å². The molecule has 0 aliphatic carbocycles. The highest BCUT2D eigenvalue weighted by Gasteiger charge is 2.23. The second-order valence-electron chi connectivity index (χ2n) is 9.17. The predicted octanol–water partition coefficient (Wildman–Crippen LogP) is 7.04. The van der Waals surface area contributed by atoms with Crippen LogP contribution in [-0.2, 0) is 20.4 Å². The Labute approximate surface area is 192 Å². The van der Waals surface area contributed by atoms with E-state index in [-0.39, 0.29) is 26.6 Å². The predicted molar refractivity (Wildman–Crippen MR) is 124 cm³/mol. The monoisotopic (exact) mass is 469 g/mol. The van der Waals surface area contributed by atoms with Crippen molar-refractivity contribution < 1.29 is 14.3 Å². The number of esters is 1. The van der Waals surface area contributed by atoms with Crippen LogP contribution in [0.5, 0.6) is 0 Å². The molecule has 30 heavy (non-hydrogen) atoms. The van der Waals surface area contributed by atoms with Crippen molar-refractivity contribution in [3.05, 3.63) is 62.1 Å². The summed E-state index contributed by atoms with van der Waals surface area (Å²) in [5.74, 6) is -1.13. The molecule has 0 bridgehead atoms. The van der Waals surface area contributed by atoms with Crippen molar-refractivity contribution in [3.8, 4) is 0 Å². The fraction of sp³-hybridized carbons (Fsp3) is 0.391. The SMILES string of the molecule is CC(C)(C)c1cc(C(=O)OCC(=O)Nc2c(Cl)cc(Cl)cc2Cl)cc(C(C)(C)C)c1. The highest BCUT2D eigenvalue weighted by molar-refractivity contribution is 6.42. The van der Waals surface area contributed by atoms with Gasteiger partial charge >= 0.3 is 5.97 Å². The molecule has 0 heterocycles. The minimum atomic E-state index is -0.574. The van der Waals surface area contributed by atoms with Crippen LogP contribution in [0.3, 0.4) is 0 Å². The van der Waals surface area contributed by atoms with Crippen molar-refractivity contribution in [3.63, 3.8) is 0 Å². The number of halogens is 3. The number of hydrogen-bond acceptors (Lipinski definition) is 3. The number of ether oxygens (including phenoxy) is 1. The van der Waals surface area contributed by atoms with E-state index < -0.39 is 18.5 Å². The normalized spacial score (nSPS) is 11.9. The molecule has 1 N–H and O–H groups in total. The molecule has 0 radical (unpaired) electrons. The molecular weight excluding hydrogens is 445 g/mol. The number of nitrogens with one attached hydrogen (secondary N) is 1. The van der Waals surface area contributed by atoms with Crippen LogP contribution >= 0.6 is 34.8 Å². The summed E-state index contributed by atoms with van der Waals surface area (Å²) in [6, 6.07) is 8.64. The Morgan fingerprint density at radius 3 is 1.73 bits per heavy atom. The van der Waals surface area contributed by atoms with Gasteiger partial charge in [-0.2, -0.15) is 0 Å². The molecule has 0 atom stereocenters. The van der Waals surface area contributed by atoms with Gasteiger partial charge in [-0.05, 0) is 46.2 Å². The van der Waals surface area contributed by atoms with E-state index in [2.05, 4.69) is 52.9 Å². The van der Waals surface area contributed by atoms with Gasteiger partial charge in [-0.1, -0.05) is 82.4 Å². The quantitative estimate of drug-likeness (QED) is 0.488. The van der Waals surface area contributed by atoms with E-state index in [0.29, 0.717) is 10.6 Å². The van der Waals surface area contributed by atoms with Gasteiger partial charge in [0.1, 0.15) is 0 Å². The Balaban J connectivity index is 2.17. The van der Waals surface area contributed by atoms with Gasteiger partial charge in [0.05, 0.1) is 21.3 Å². The Kier molecular flexibility index (Phi) is 7.49. The lowest BCUT2D eigenvalue weighted by molar-refractivity contribution is -0.119. The third-order valence-electron chi connectivity index (χ3n) is 4.51. The van der Waals surface area contributed by atoms with Crippen molar-refractivity contribution in [2.45, 2.75) is 52.4 Å². The summed E-state index contributed by atoms with van der Waals surface area (Å²) in [5.41, 5.74) is 2.37. The van der Waals surface area contributed by atoms with Crippen molar-refractivity contribution in [2.24, 2.45) is 0 Å². The Bertz CT molecular complexity index is 917. The highest BCUT2D eigenvalue weighted by atomic mass is 35.5. The fourth-order valence-electron chi connectivity index (χ4n) is 2.66. The zero-order valence-electron chi connectivity index (χ0n) is 18.0. The third kappa shape index (κ3) is 6.37. The second-order valence-corrected chi connectivity index (χ2v) is 10.4. The van der Waals surface area contributed by atoms with E-state index in [4.69, 9.17) is 39.5 Å². The van der Waals surface area contributed by atoms with Crippen LogP contribution < -0.4 is 5.32 Å². The zero-order chi connectivity index (χ0) is 22.9. The van der Waals surface area contributed by atoms with Crippen LogP contribution in [0.25, 0.3) is 0 Å². The van der Waals surface area contributed by atoms with Crippen molar-refractivity contribution in [2.75, 3.05) is 11.9 Å². The summed E-state index contributed by atoms with van der Waals surface area (Å²) in [6.07, 6.45) is 0. The van der Waals surface area contributed by atoms with Crippen LogP contribution in [0.4, 0.5) is 5.69 Å². The van der Waals surface area contributed by atoms with Crippen molar-refractivity contribution >= 4 is 52.4 Å². The molecule has 0 saturated carbocycles. The number of anilines is 1. The van der Waals surface area contributed by atoms with E-state index in [9.17, 15) is 9.59 Å². The lowest BCUT2D eigenvalue weighted by atomic mass is 9.79. The van der Waals surface area contributed by atoms with Gasteiger partial charge in [0.2, 0.25) is 0 Å². The van der Waals surface area contributed by atoms with Gasteiger partial charge < -0.3 is 10.1 Å². The zero-order valence-corrected chi connectivity index (χ0v) is 20.2. The maximum absolute atomic E-state index is 12.7. The van der Waals surface area contributed by atoms with Crippen LogP contribution in [-0.4, -0.2) is 18.5 Å². The summed E-state index contributed by atoms with van der Waals surface area (Å²) in [6.45, 7) is 12.0. The van der Waals surface area contributed by atoms with E-state index >= 15 is 0 Å². The maximum Gasteiger partial charge on any atom is 0.338 e. The molecule has 4 nitrogen and oxygen atoms in total. The van der Waals surface area contributed by atoms with Gasteiger partial charge in [0.15, 0.2) is 6.61 Å². The highest BCUT2D eigenvalue weighted by Crippen LogP contribution is 2.34. The molecular formula is C23H26Cl3NO3. The average molecular weight is 471 g/mol. The standard InChI is InChI=1S/C23H26Cl3NO3/c1-22(2,3)14-7-13(8-15(9-14)23(4,5)6)21(29)30-12-19(28)27-20-17(25)10-16(24)11-18(20)26/h7-11H,12H2,1-6H3,(H,27,28). The van der Waals surface area contributed by atoms with E-state index in [0.717, 1.165) is 11.1 Å². The largest absolute Gasteiger partial charge is 0.452 e. The minimum absolute atomic E-state index is 0.143. The minimum Gasteiger partial charge on any atom is -0.452 e. The molecule has 0 aromatic heterocycles. The molecule has 2 aromatic carbocycles.